The number of fused-ring (bicyclic) bond motifs is 1. The standard InChI is InChI=1S/C22H26FN4O.3CH3.Sn/c1-5-8-11-26(7-3)19-12-15(4)24-22-21(19)25-20(28)14-27(22)18-10-9-17(23)13-16(18)6-2;;;;/h2,6,9-10,12-13H,5,7-8,11,14H2,1,3-4H3,(H,25,28);3*1H3;. The molecule has 1 N–H and O–H groups in total. The summed E-state index contributed by atoms with van der Waals surface area (Å²) in [6.07, 6.45) is 4.20. The molecule has 0 aliphatic carbocycles. The van der Waals surface area contributed by atoms with E-state index in [1.165, 1.54) is 6.07 Å². The van der Waals surface area contributed by atoms with Gasteiger partial charge in [0.25, 0.3) is 0 Å². The van der Waals surface area contributed by atoms with Crippen LogP contribution in [0, 0.1) is 12.7 Å². The molecule has 1 aromatic carbocycles. The van der Waals surface area contributed by atoms with E-state index in [1.54, 1.807) is 12.1 Å². The summed E-state index contributed by atoms with van der Waals surface area (Å²) in [6.45, 7) is 8.19. The van der Waals surface area contributed by atoms with Crippen molar-refractivity contribution >= 4 is 53.2 Å². The summed E-state index contributed by atoms with van der Waals surface area (Å²) in [7, 11) is 0. The second-order valence-electron chi connectivity index (χ2n) is 9.45. The Labute approximate surface area is 195 Å². The molecule has 5 nitrogen and oxygen atoms in total. The second kappa shape index (κ2) is 10.2. The normalized spacial score (nSPS) is 14.0. The maximum absolute atomic E-state index is 14.2. The molecule has 0 saturated heterocycles. The van der Waals surface area contributed by atoms with Gasteiger partial charge in [0.2, 0.25) is 0 Å². The fourth-order valence-corrected chi connectivity index (χ4v) is 5.78. The number of hydrogen-bond donors (Lipinski definition) is 1. The zero-order valence-electron chi connectivity index (χ0n) is 20.1. The molecular weight excluding hydrogens is 510 g/mol. The van der Waals surface area contributed by atoms with Crippen LogP contribution in [-0.4, -0.2) is 48.9 Å². The molecule has 172 valence electrons. The Morgan fingerprint density at radius 1 is 1.25 bits per heavy atom. The van der Waals surface area contributed by atoms with Gasteiger partial charge in [-0.05, 0) is 0 Å². The Kier molecular flexibility index (Phi) is 7.85. The minimum atomic E-state index is -2.22. The van der Waals surface area contributed by atoms with E-state index < -0.39 is 18.4 Å². The van der Waals surface area contributed by atoms with Gasteiger partial charge in [-0.2, -0.15) is 0 Å². The minimum absolute atomic E-state index is 0.0924. The van der Waals surface area contributed by atoms with Crippen molar-refractivity contribution in [1.29, 1.82) is 0 Å². The summed E-state index contributed by atoms with van der Waals surface area (Å²) in [4.78, 5) is 28.7. The summed E-state index contributed by atoms with van der Waals surface area (Å²) in [5.41, 5.74) is 4.20. The predicted molar refractivity (Wildman–Crippen MR) is 136 cm³/mol. The zero-order valence-corrected chi connectivity index (χ0v) is 23.0. The van der Waals surface area contributed by atoms with E-state index in [9.17, 15) is 9.18 Å². The Bertz CT molecular complexity index is 1020. The maximum atomic E-state index is 14.2. The number of benzene rings is 1. The number of nitrogens with one attached hydrogen (secondary N) is 1. The van der Waals surface area contributed by atoms with Crippen LogP contribution < -0.4 is 15.1 Å². The number of nitrogens with zero attached hydrogens (tertiary/aromatic N) is 3. The number of aromatic nitrogens is 1. The Hall–Kier alpha value is -2.09. The summed E-state index contributed by atoms with van der Waals surface area (Å²) < 4.78 is 16.4. The third-order valence-corrected chi connectivity index (χ3v) is 8.81. The number of rotatable bonds is 8. The van der Waals surface area contributed by atoms with Crippen LogP contribution >= 0.6 is 0 Å². The van der Waals surface area contributed by atoms with Crippen molar-refractivity contribution in [2.45, 2.75) is 48.4 Å². The fourth-order valence-electron chi connectivity index (χ4n) is 3.84. The monoisotopic (exact) mass is 546 g/mol. The molecule has 7 heteroatoms. The summed E-state index contributed by atoms with van der Waals surface area (Å²) in [5, 5.41) is 3.07. The fraction of sp³-hybridized carbons (Fsp3) is 0.440. The molecule has 32 heavy (non-hydrogen) atoms. The van der Waals surface area contributed by atoms with Gasteiger partial charge in [0.1, 0.15) is 0 Å². The second-order valence-corrected chi connectivity index (χ2v) is 23.9. The molecule has 2 aromatic rings. The van der Waals surface area contributed by atoms with Crippen LogP contribution in [0.1, 0.15) is 37.9 Å². The molecule has 3 rings (SSSR count). The molecule has 0 radical (unpaired) electrons. The first kappa shape index (κ1) is 24.5. The number of anilines is 4. The number of pyridine rings is 1. The van der Waals surface area contributed by atoms with Crippen molar-refractivity contribution in [3.05, 3.63) is 45.4 Å². The van der Waals surface area contributed by atoms with Crippen LogP contribution in [0.25, 0.3) is 6.08 Å². The van der Waals surface area contributed by atoms with Crippen LogP contribution in [0.2, 0.25) is 14.8 Å². The van der Waals surface area contributed by atoms with E-state index in [0.29, 0.717) is 0 Å². The average Bonchev–Trinajstić information content (AvgIpc) is 2.72. The SMILES string of the molecule is CCCCN(CC)c1cc(C)nc2c1NC(=O)CN2c1ccc(F)cc1/C=[CH]\[Sn]([CH3])([CH3])[CH3]. The summed E-state index contributed by atoms with van der Waals surface area (Å²) in [5.74, 6) is 0.342. The molecule has 1 aromatic heterocycles. The van der Waals surface area contributed by atoms with Gasteiger partial charge in [0.05, 0.1) is 0 Å². The summed E-state index contributed by atoms with van der Waals surface area (Å²) in [6, 6.07) is 6.80. The van der Waals surface area contributed by atoms with Gasteiger partial charge in [-0.3, -0.25) is 0 Å². The molecule has 0 bridgehead atoms. The number of carbonyl (C=O) groups is 1. The molecule has 1 amide bonds. The van der Waals surface area contributed by atoms with Crippen LogP contribution in [-0.2, 0) is 4.79 Å². The molecule has 1 aliphatic rings. The van der Waals surface area contributed by atoms with Crippen molar-refractivity contribution < 1.29 is 9.18 Å². The molecule has 0 saturated carbocycles. The molecule has 0 spiro atoms. The van der Waals surface area contributed by atoms with E-state index in [0.717, 1.165) is 60.1 Å². The van der Waals surface area contributed by atoms with Crippen molar-refractivity contribution in [1.82, 2.24) is 4.98 Å². The number of hydrogen-bond acceptors (Lipinski definition) is 4. The van der Waals surface area contributed by atoms with Crippen LogP contribution in [0.3, 0.4) is 0 Å². The van der Waals surface area contributed by atoms with Crippen molar-refractivity contribution in [3.8, 4) is 0 Å². The van der Waals surface area contributed by atoms with Gasteiger partial charge in [-0.1, -0.05) is 6.92 Å². The number of aryl methyl sites for hydroxylation is 1. The third-order valence-electron chi connectivity index (χ3n) is 5.48. The van der Waals surface area contributed by atoms with Gasteiger partial charge in [0.15, 0.2) is 0 Å². The molecule has 0 atom stereocenters. The number of amides is 1. The predicted octanol–water partition coefficient (Wildman–Crippen LogP) is 6.14. The third kappa shape index (κ3) is 5.82. The van der Waals surface area contributed by atoms with Crippen molar-refractivity contribution in [2.24, 2.45) is 0 Å². The van der Waals surface area contributed by atoms with Crippen LogP contribution in [0.15, 0.2) is 28.4 Å². The molecule has 0 fully saturated rings. The van der Waals surface area contributed by atoms with Gasteiger partial charge in [-0.25, -0.2) is 0 Å². The number of halogens is 1. The first-order valence-electron chi connectivity index (χ1n) is 11.5. The molecule has 0 unspecified atom stereocenters. The van der Waals surface area contributed by atoms with Gasteiger partial charge < -0.3 is 0 Å². The first-order chi connectivity index (χ1) is 15.1. The van der Waals surface area contributed by atoms with Gasteiger partial charge in [-0.15, -0.1) is 0 Å². The molecule has 2 heterocycles. The molecular formula is C25H35FN4OSn. The van der Waals surface area contributed by atoms with Crippen molar-refractivity contribution in [3.63, 3.8) is 0 Å². The topological polar surface area (TPSA) is 48.5 Å². The summed E-state index contributed by atoms with van der Waals surface area (Å²) >= 11 is -2.22. The van der Waals surface area contributed by atoms with Gasteiger partial charge in [0, 0.05) is 0 Å². The van der Waals surface area contributed by atoms with E-state index in [2.05, 4.69) is 43.0 Å². The number of carbonyl (C=O) groups excluding carboxylic acids is 1. The first-order valence-corrected chi connectivity index (χ1v) is 21.7. The van der Waals surface area contributed by atoms with Gasteiger partial charge >= 0.3 is 189 Å². The Balaban J connectivity index is 2.15. The quantitative estimate of drug-likeness (QED) is 0.406. The van der Waals surface area contributed by atoms with E-state index in [4.69, 9.17) is 4.98 Å². The number of unbranched alkanes of at least 4 members (excludes halogenated alkanes) is 1. The average molecular weight is 545 g/mol. The van der Waals surface area contributed by atoms with Crippen molar-refractivity contribution in [2.75, 3.05) is 34.8 Å². The van der Waals surface area contributed by atoms with E-state index in [-0.39, 0.29) is 18.3 Å². The van der Waals surface area contributed by atoms with Crippen LogP contribution in [0.4, 0.5) is 27.3 Å². The zero-order chi connectivity index (χ0) is 23.5. The van der Waals surface area contributed by atoms with E-state index in [1.807, 2.05) is 24.0 Å². The Morgan fingerprint density at radius 2 is 2.00 bits per heavy atom. The Morgan fingerprint density at radius 3 is 2.66 bits per heavy atom. The van der Waals surface area contributed by atoms with E-state index >= 15 is 0 Å². The van der Waals surface area contributed by atoms with Crippen LogP contribution in [0.5, 0.6) is 0 Å². The molecule has 1 aliphatic heterocycles.